The number of nitrogens with zero attached hydrogens (tertiary/aromatic N) is 6. The number of rotatable bonds is 6. The fourth-order valence-electron chi connectivity index (χ4n) is 4.40. The third-order valence-corrected chi connectivity index (χ3v) is 6.08. The predicted octanol–water partition coefficient (Wildman–Crippen LogP) is 3.39. The SMILES string of the molecule is CC(CN1CCC(CNC(=O)n2c(=O)n(C(C)C)c3ccccc32)CC1)c1nn[nH]n1.CCC. The van der Waals surface area contributed by atoms with Crippen LogP contribution in [0.2, 0.25) is 0 Å². The summed E-state index contributed by atoms with van der Waals surface area (Å²) < 4.78 is 2.93. The highest BCUT2D eigenvalue weighted by Crippen LogP contribution is 2.20. The van der Waals surface area contributed by atoms with Crippen molar-refractivity contribution in [1.29, 1.82) is 0 Å². The maximum Gasteiger partial charge on any atom is 0.337 e. The van der Waals surface area contributed by atoms with Gasteiger partial charge >= 0.3 is 11.7 Å². The number of imidazole rings is 1. The molecule has 34 heavy (non-hydrogen) atoms. The van der Waals surface area contributed by atoms with E-state index in [9.17, 15) is 9.59 Å². The Kier molecular flexibility index (Phi) is 8.98. The molecule has 2 N–H and O–H groups in total. The van der Waals surface area contributed by atoms with Crippen LogP contribution < -0.4 is 11.0 Å². The van der Waals surface area contributed by atoms with Gasteiger partial charge in [0.1, 0.15) is 0 Å². The van der Waals surface area contributed by atoms with Crippen molar-refractivity contribution >= 4 is 17.1 Å². The lowest BCUT2D eigenvalue weighted by Gasteiger charge is -2.33. The molecule has 0 aliphatic carbocycles. The molecule has 1 fully saturated rings. The largest absolute Gasteiger partial charge is 0.337 e. The van der Waals surface area contributed by atoms with Gasteiger partial charge in [0.15, 0.2) is 5.82 Å². The van der Waals surface area contributed by atoms with Crippen LogP contribution in [0.4, 0.5) is 4.79 Å². The van der Waals surface area contributed by atoms with E-state index in [1.54, 1.807) is 4.57 Å². The number of fused-ring (bicyclic) bond motifs is 1. The third-order valence-electron chi connectivity index (χ3n) is 6.08. The number of tetrazole rings is 1. The third kappa shape index (κ3) is 5.91. The fraction of sp³-hybridized carbons (Fsp3) is 0.625. The van der Waals surface area contributed by atoms with Crippen LogP contribution in [0, 0.1) is 5.92 Å². The standard InChI is InChI=1S/C21H30N8O2.C3H8/c1-14(2)28-17-6-4-5-7-18(17)29(21(28)31)20(30)22-12-16-8-10-27(11-9-16)13-15(3)19-23-25-26-24-19;1-3-2/h4-7,14-16H,8-13H2,1-3H3,(H,22,30)(H,23,24,25,26);3H2,1-2H3. The number of carbonyl (C=O) groups excluding carboxylic acids is 1. The molecule has 0 saturated carbocycles. The molecule has 0 spiro atoms. The molecule has 1 saturated heterocycles. The molecule has 10 heteroatoms. The Morgan fingerprint density at radius 3 is 2.38 bits per heavy atom. The zero-order valence-electron chi connectivity index (χ0n) is 21.0. The number of aromatic nitrogens is 6. The van der Waals surface area contributed by atoms with Crippen molar-refractivity contribution in [2.75, 3.05) is 26.2 Å². The number of benzene rings is 1. The van der Waals surface area contributed by atoms with Crippen molar-refractivity contribution in [2.45, 2.75) is 65.8 Å². The normalized spacial score (nSPS) is 15.8. The molecule has 10 nitrogen and oxygen atoms in total. The summed E-state index contributed by atoms with van der Waals surface area (Å²) in [4.78, 5) is 28.2. The number of piperidine rings is 1. The number of hydrogen-bond donors (Lipinski definition) is 2. The summed E-state index contributed by atoms with van der Waals surface area (Å²) in [6, 6.07) is 7.06. The minimum atomic E-state index is -0.353. The molecule has 0 radical (unpaired) electrons. The van der Waals surface area contributed by atoms with Gasteiger partial charge in [-0.3, -0.25) is 4.57 Å². The summed E-state index contributed by atoms with van der Waals surface area (Å²) in [6.45, 7) is 13.6. The van der Waals surface area contributed by atoms with E-state index in [1.165, 1.54) is 11.0 Å². The first kappa shape index (κ1) is 25.6. The van der Waals surface area contributed by atoms with Crippen LogP contribution in [0.15, 0.2) is 29.1 Å². The highest BCUT2D eigenvalue weighted by Gasteiger charge is 2.24. The van der Waals surface area contributed by atoms with Crippen molar-refractivity contribution < 1.29 is 4.79 Å². The molecule has 186 valence electrons. The number of carbonyl (C=O) groups is 1. The van der Waals surface area contributed by atoms with Crippen LogP contribution in [0.1, 0.15) is 71.7 Å². The molecule has 0 bridgehead atoms. The van der Waals surface area contributed by atoms with Crippen molar-refractivity contribution in [3.8, 4) is 0 Å². The quantitative estimate of drug-likeness (QED) is 0.571. The summed E-state index contributed by atoms with van der Waals surface area (Å²) >= 11 is 0. The molecule has 1 atom stereocenters. The van der Waals surface area contributed by atoms with E-state index in [0.717, 1.165) is 43.8 Å². The second-order valence-electron chi connectivity index (χ2n) is 9.38. The number of nitrogens with one attached hydrogen (secondary N) is 2. The van der Waals surface area contributed by atoms with Crippen LogP contribution in [0.25, 0.3) is 11.0 Å². The minimum absolute atomic E-state index is 0.0226. The number of para-hydroxylation sites is 2. The van der Waals surface area contributed by atoms with Gasteiger partial charge < -0.3 is 10.2 Å². The van der Waals surface area contributed by atoms with Crippen molar-refractivity contribution in [3.05, 3.63) is 40.6 Å². The molecule has 2 aromatic heterocycles. The van der Waals surface area contributed by atoms with E-state index in [0.29, 0.717) is 18.0 Å². The number of likely N-dealkylation sites (tertiary alicyclic amines) is 1. The molecule has 3 aromatic rings. The van der Waals surface area contributed by atoms with Gasteiger partial charge in [-0.1, -0.05) is 44.5 Å². The van der Waals surface area contributed by atoms with E-state index in [1.807, 2.05) is 38.1 Å². The average Bonchev–Trinajstić information content (AvgIpc) is 3.45. The lowest BCUT2D eigenvalue weighted by molar-refractivity contribution is 0.173. The van der Waals surface area contributed by atoms with E-state index in [2.05, 4.69) is 51.6 Å². The highest BCUT2D eigenvalue weighted by atomic mass is 16.2. The van der Waals surface area contributed by atoms with Crippen LogP contribution in [-0.2, 0) is 0 Å². The average molecular weight is 471 g/mol. The molecule has 1 aromatic carbocycles. The van der Waals surface area contributed by atoms with Crippen LogP contribution in [0.5, 0.6) is 0 Å². The Bertz CT molecular complexity index is 1090. The summed E-state index contributed by atoms with van der Waals surface area (Å²) in [5.41, 5.74) is 1.13. The maximum absolute atomic E-state index is 12.9. The number of amides is 1. The molecule has 1 aliphatic heterocycles. The molecule has 1 aliphatic rings. The van der Waals surface area contributed by atoms with Crippen LogP contribution in [0.3, 0.4) is 0 Å². The Labute approximate surface area is 200 Å². The van der Waals surface area contributed by atoms with Gasteiger partial charge in [-0.05, 0) is 57.8 Å². The van der Waals surface area contributed by atoms with Crippen LogP contribution >= 0.6 is 0 Å². The molecular formula is C24H38N8O2. The molecule has 1 amide bonds. The number of aromatic amines is 1. The van der Waals surface area contributed by atoms with Gasteiger partial charge in [-0.2, -0.15) is 5.21 Å². The first-order valence-corrected chi connectivity index (χ1v) is 12.3. The van der Waals surface area contributed by atoms with Crippen molar-refractivity contribution in [3.63, 3.8) is 0 Å². The van der Waals surface area contributed by atoms with E-state index in [-0.39, 0.29) is 23.7 Å². The molecule has 3 heterocycles. The zero-order chi connectivity index (χ0) is 24.7. The summed E-state index contributed by atoms with van der Waals surface area (Å²) in [5.74, 6) is 1.36. The van der Waals surface area contributed by atoms with E-state index >= 15 is 0 Å². The number of H-pyrrole nitrogens is 1. The van der Waals surface area contributed by atoms with Crippen molar-refractivity contribution in [1.82, 2.24) is 40.0 Å². The van der Waals surface area contributed by atoms with Gasteiger partial charge in [-0.15, -0.1) is 10.2 Å². The topological polar surface area (TPSA) is 114 Å². The highest BCUT2D eigenvalue weighted by molar-refractivity contribution is 5.89. The molecule has 4 rings (SSSR count). The lowest BCUT2D eigenvalue weighted by atomic mass is 9.96. The lowest BCUT2D eigenvalue weighted by Crippen LogP contribution is -2.42. The van der Waals surface area contributed by atoms with Gasteiger partial charge in [-0.25, -0.2) is 14.2 Å². The number of hydrogen-bond acceptors (Lipinski definition) is 6. The minimum Gasteiger partial charge on any atom is -0.337 e. The Morgan fingerprint density at radius 2 is 1.79 bits per heavy atom. The fourth-order valence-corrected chi connectivity index (χ4v) is 4.40. The summed E-state index contributed by atoms with van der Waals surface area (Å²) in [5, 5.41) is 17.3. The predicted molar refractivity (Wildman–Crippen MR) is 133 cm³/mol. The zero-order valence-corrected chi connectivity index (χ0v) is 21.0. The second kappa shape index (κ2) is 11.9. The summed E-state index contributed by atoms with van der Waals surface area (Å²) in [7, 11) is 0. The first-order valence-electron chi connectivity index (χ1n) is 12.3. The van der Waals surface area contributed by atoms with E-state index < -0.39 is 0 Å². The van der Waals surface area contributed by atoms with Crippen molar-refractivity contribution in [2.24, 2.45) is 5.92 Å². The van der Waals surface area contributed by atoms with Gasteiger partial charge in [0.2, 0.25) is 0 Å². The monoisotopic (exact) mass is 470 g/mol. The second-order valence-corrected chi connectivity index (χ2v) is 9.38. The van der Waals surface area contributed by atoms with Gasteiger partial charge in [0.05, 0.1) is 11.0 Å². The Balaban J connectivity index is 0.00000103. The van der Waals surface area contributed by atoms with Gasteiger partial charge in [0, 0.05) is 25.0 Å². The molecular weight excluding hydrogens is 432 g/mol. The van der Waals surface area contributed by atoms with E-state index in [4.69, 9.17) is 0 Å². The maximum atomic E-state index is 12.9. The van der Waals surface area contributed by atoms with Gasteiger partial charge in [0.25, 0.3) is 0 Å². The van der Waals surface area contributed by atoms with Crippen LogP contribution in [-0.4, -0.2) is 66.9 Å². The Morgan fingerprint density at radius 1 is 1.15 bits per heavy atom. The smallest absolute Gasteiger partial charge is 0.337 e. The first-order chi connectivity index (χ1) is 16.4. The Hall–Kier alpha value is -3.01. The summed E-state index contributed by atoms with van der Waals surface area (Å²) in [6.07, 6.45) is 3.25. The molecule has 1 unspecified atom stereocenters.